The zero-order chi connectivity index (χ0) is 15.5. The average molecular weight is 295 g/mol. The second-order valence-corrected chi connectivity index (χ2v) is 5.46. The minimum Gasteiger partial charge on any atom is -0.450 e. The van der Waals surface area contributed by atoms with E-state index in [1.54, 1.807) is 25.1 Å². The number of carbonyl (C=O) groups excluding carboxylic acids is 2. The van der Waals surface area contributed by atoms with Crippen LogP contribution in [0.5, 0.6) is 0 Å². The van der Waals surface area contributed by atoms with E-state index in [0.717, 1.165) is 19.3 Å². The highest BCUT2D eigenvalue weighted by atomic mass is 16.5. The number of hydrogen-bond acceptors (Lipinski definition) is 4. The molecule has 1 aromatic carbocycles. The first kappa shape index (κ1) is 14.4. The third kappa shape index (κ3) is 2.91. The summed E-state index contributed by atoms with van der Waals surface area (Å²) in [6, 6.07) is 10.7. The van der Waals surface area contributed by atoms with Crippen molar-refractivity contribution in [1.82, 2.24) is 4.98 Å². The number of hydrogen-bond donors (Lipinski definition) is 0. The van der Waals surface area contributed by atoms with Gasteiger partial charge in [-0.05, 0) is 55.5 Å². The van der Waals surface area contributed by atoms with E-state index in [4.69, 9.17) is 4.74 Å². The summed E-state index contributed by atoms with van der Waals surface area (Å²) in [7, 11) is 0. The van der Waals surface area contributed by atoms with E-state index in [-0.39, 0.29) is 11.5 Å². The Morgan fingerprint density at radius 2 is 1.95 bits per heavy atom. The van der Waals surface area contributed by atoms with Crippen LogP contribution in [0.3, 0.4) is 0 Å². The van der Waals surface area contributed by atoms with Crippen LogP contribution in [0.2, 0.25) is 0 Å². The molecule has 1 aliphatic rings. The third-order valence-corrected chi connectivity index (χ3v) is 3.91. The predicted octanol–water partition coefficient (Wildman–Crippen LogP) is 3.00. The molecule has 4 heteroatoms. The largest absolute Gasteiger partial charge is 0.450 e. The molecule has 2 aromatic rings. The fourth-order valence-corrected chi connectivity index (χ4v) is 2.72. The van der Waals surface area contributed by atoms with E-state index in [0.29, 0.717) is 5.56 Å². The van der Waals surface area contributed by atoms with Crippen molar-refractivity contribution in [1.29, 1.82) is 0 Å². The molecule has 0 saturated heterocycles. The van der Waals surface area contributed by atoms with Crippen LogP contribution in [-0.4, -0.2) is 22.8 Å². The number of aryl methyl sites for hydroxylation is 2. The number of carbonyl (C=O) groups is 2. The van der Waals surface area contributed by atoms with Gasteiger partial charge in [-0.25, -0.2) is 9.78 Å². The number of nitrogens with zero attached hydrogens (tertiary/aromatic N) is 1. The minimum absolute atomic E-state index is 0.181. The molecule has 0 bridgehead atoms. The van der Waals surface area contributed by atoms with E-state index in [1.807, 2.05) is 18.2 Å². The van der Waals surface area contributed by atoms with E-state index in [9.17, 15) is 9.59 Å². The van der Waals surface area contributed by atoms with Gasteiger partial charge in [-0.3, -0.25) is 4.79 Å². The Labute approximate surface area is 129 Å². The molecule has 1 aliphatic carbocycles. The summed E-state index contributed by atoms with van der Waals surface area (Å²) in [4.78, 5) is 28.3. The summed E-state index contributed by atoms with van der Waals surface area (Å²) in [5, 5.41) is 0. The summed E-state index contributed by atoms with van der Waals surface area (Å²) < 4.78 is 5.22. The maximum atomic E-state index is 12.4. The topological polar surface area (TPSA) is 56.3 Å². The number of aromatic nitrogens is 1. The van der Waals surface area contributed by atoms with Crippen LogP contribution in [0, 0.1) is 0 Å². The number of Topliss-reactive ketones (excluding diaryl/α,β-unsaturated/α-hetero) is 1. The Balaban J connectivity index is 1.71. The maximum Gasteiger partial charge on any atom is 0.357 e. The number of rotatable bonds is 4. The van der Waals surface area contributed by atoms with Gasteiger partial charge in [0.1, 0.15) is 5.69 Å². The number of esters is 1. The lowest BCUT2D eigenvalue weighted by Crippen LogP contribution is -2.25. The monoisotopic (exact) mass is 295 g/mol. The lowest BCUT2D eigenvalue weighted by Gasteiger charge is -2.12. The standard InChI is InChI=1S/C18H17NO3/c1-12(22-18(21)16-7-2-3-10-19-16)17(20)15-9-8-13-5-4-6-14(13)11-15/h2-3,7-12H,4-6H2,1H3/t12-/m0/s1. The van der Waals surface area contributed by atoms with Crippen LogP contribution in [0.4, 0.5) is 0 Å². The molecule has 22 heavy (non-hydrogen) atoms. The van der Waals surface area contributed by atoms with Gasteiger partial charge in [-0.2, -0.15) is 0 Å². The first-order chi connectivity index (χ1) is 10.6. The average Bonchev–Trinajstić information content (AvgIpc) is 3.02. The zero-order valence-electron chi connectivity index (χ0n) is 12.4. The molecule has 1 heterocycles. The van der Waals surface area contributed by atoms with Crippen molar-refractivity contribution < 1.29 is 14.3 Å². The fraction of sp³-hybridized carbons (Fsp3) is 0.278. The van der Waals surface area contributed by atoms with Gasteiger partial charge >= 0.3 is 5.97 Å². The molecule has 0 fully saturated rings. The van der Waals surface area contributed by atoms with E-state index < -0.39 is 12.1 Å². The van der Waals surface area contributed by atoms with E-state index >= 15 is 0 Å². The first-order valence-electron chi connectivity index (χ1n) is 7.43. The van der Waals surface area contributed by atoms with Crippen LogP contribution in [0.15, 0.2) is 42.6 Å². The van der Waals surface area contributed by atoms with Crippen molar-refractivity contribution in [3.05, 3.63) is 65.0 Å². The lowest BCUT2D eigenvalue weighted by atomic mass is 10.0. The van der Waals surface area contributed by atoms with Crippen molar-refractivity contribution >= 4 is 11.8 Å². The second-order valence-electron chi connectivity index (χ2n) is 5.46. The molecule has 0 amide bonds. The van der Waals surface area contributed by atoms with Crippen LogP contribution < -0.4 is 0 Å². The minimum atomic E-state index is -0.825. The van der Waals surface area contributed by atoms with Gasteiger partial charge in [-0.15, -0.1) is 0 Å². The smallest absolute Gasteiger partial charge is 0.357 e. The van der Waals surface area contributed by atoms with Crippen molar-refractivity contribution in [3.63, 3.8) is 0 Å². The van der Waals surface area contributed by atoms with Crippen molar-refractivity contribution in [2.75, 3.05) is 0 Å². The maximum absolute atomic E-state index is 12.4. The quantitative estimate of drug-likeness (QED) is 0.642. The third-order valence-electron chi connectivity index (χ3n) is 3.91. The highest BCUT2D eigenvalue weighted by Crippen LogP contribution is 2.23. The highest BCUT2D eigenvalue weighted by Gasteiger charge is 2.22. The number of pyridine rings is 1. The van der Waals surface area contributed by atoms with E-state index in [2.05, 4.69) is 4.98 Å². The Bertz CT molecular complexity index is 710. The summed E-state index contributed by atoms with van der Waals surface area (Å²) in [5.74, 6) is -0.762. The van der Waals surface area contributed by atoms with Gasteiger partial charge in [0.05, 0.1) is 0 Å². The molecule has 1 atom stereocenters. The van der Waals surface area contributed by atoms with Gasteiger partial charge in [0, 0.05) is 11.8 Å². The van der Waals surface area contributed by atoms with Crippen molar-refractivity contribution in [2.24, 2.45) is 0 Å². The van der Waals surface area contributed by atoms with Gasteiger partial charge in [0.15, 0.2) is 6.10 Å². The Morgan fingerprint density at radius 3 is 2.73 bits per heavy atom. The summed E-state index contributed by atoms with van der Waals surface area (Å²) in [6.07, 6.45) is 3.92. The lowest BCUT2D eigenvalue weighted by molar-refractivity contribution is 0.0313. The molecule has 3 rings (SSSR count). The molecule has 0 spiro atoms. The highest BCUT2D eigenvalue weighted by molar-refractivity contribution is 6.01. The van der Waals surface area contributed by atoms with Gasteiger partial charge < -0.3 is 4.74 Å². The molecule has 0 N–H and O–H groups in total. The fourth-order valence-electron chi connectivity index (χ4n) is 2.72. The molecule has 112 valence electrons. The normalized spacial score (nSPS) is 14.2. The van der Waals surface area contributed by atoms with Crippen LogP contribution in [0.25, 0.3) is 0 Å². The number of ketones is 1. The van der Waals surface area contributed by atoms with E-state index in [1.165, 1.54) is 17.3 Å². The second kappa shape index (κ2) is 6.10. The molecule has 4 nitrogen and oxygen atoms in total. The molecule has 0 saturated carbocycles. The number of benzene rings is 1. The van der Waals surface area contributed by atoms with Crippen LogP contribution in [-0.2, 0) is 17.6 Å². The molecule has 0 unspecified atom stereocenters. The molecular formula is C18H17NO3. The first-order valence-corrected chi connectivity index (χ1v) is 7.43. The van der Waals surface area contributed by atoms with Gasteiger partial charge in [-0.1, -0.05) is 18.2 Å². The Morgan fingerprint density at radius 1 is 1.14 bits per heavy atom. The molecule has 0 radical (unpaired) electrons. The molecule has 1 aromatic heterocycles. The SMILES string of the molecule is C[C@H](OC(=O)c1ccccn1)C(=O)c1ccc2c(c1)CCC2. The predicted molar refractivity (Wildman–Crippen MR) is 81.9 cm³/mol. The summed E-state index contributed by atoms with van der Waals surface area (Å²) in [6.45, 7) is 1.59. The summed E-state index contributed by atoms with van der Waals surface area (Å²) >= 11 is 0. The van der Waals surface area contributed by atoms with Crippen LogP contribution >= 0.6 is 0 Å². The Hall–Kier alpha value is -2.49. The number of ether oxygens (including phenoxy) is 1. The molecular weight excluding hydrogens is 278 g/mol. The number of fused-ring (bicyclic) bond motifs is 1. The van der Waals surface area contributed by atoms with Gasteiger partial charge in [0.2, 0.25) is 5.78 Å². The van der Waals surface area contributed by atoms with Crippen LogP contribution in [0.1, 0.15) is 45.3 Å². The van der Waals surface area contributed by atoms with Gasteiger partial charge in [0.25, 0.3) is 0 Å². The molecule has 0 aliphatic heterocycles. The zero-order valence-corrected chi connectivity index (χ0v) is 12.4. The van der Waals surface area contributed by atoms with Crippen molar-refractivity contribution in [3.8, 4) is 0 Å². The van der Waals surface area contributed by atoms with Crippen molar-refractivity contribution in [2.45, 2.75) is 32.3 Å². The summed E-state index contributed by atoms with van der Waals surface area (Å²) in [5.41, 5.74) is 3.35. The Kier molecular flexibility index (Phi) is 4.00.